The predicted molar refractivity (Wildman–Crippen MR) is 87.2 cm³/mol. The van der Waals surface area contributed by atoms with Crippen molar-refractivity contribution in [3.63, 3.8) is 0 Å². The van der Waals surface area contributed by atoms with Crippen LogP contribution in [0.2, 0.25) is 5.02 Å². The van der Waals surface area contributed by atoms with Crippen molar-refractivity contribution < 1.29 is 14.0 Å². The fourth-order valence-electron chi connectivity index (χ4n) is 1.97. The summed E-state index contributed by atoms with van der Waals surface area (Å²) in [6.07, 6.45) is 1.69. The number of benzene rings is 1. The van der Waals surface area contributed by atoms with Gasteiger partial charge in [0.05, 0.1) is 11.4 Å². The van der Waals surface area contributed by atoms with Crippen LogP contribution < -0.4 is 0 Å². The Balaban J connectivity index is 1.83. The maximum Gasteiger partial charge on any atom is 0.293 e. The van der Waals surface area contributed by atoms with Crippen LogP contribution >= 0.6 is 34.7 Å². The van der Waals surface area contributed by atoms with E-state index in [0.29, 0.717) is 10.5 Å². The molecule has 1 aliphatic rings. The average molecular weight is 354 g/mol. The van der Waals surface area contributed by atoms with Crippen LogP contribution in [0.3, 0.4) is 0 Å². The van der Waals surface area contributed by atoms with Gasteiger partial charge >= 0.3 is 0 Å². The van der Waals surface area contributed by atoms with Gasteiger partial charge in [0.2, 0.25) is 0 Å². The lowest BCUT2D eigenvalue weighted by Crippen LogP contribution is -2.27. The fourth-order valence-corrected chi connectivity index (χ4v) is 3.65. The van der Waals surface area contributed by atoms with Crippen molar-refractivity contribution in [2.24, 2.45) is 0 Å². The third-order valence-corrected chi connectivity index (χ3v) is 5.02. The van der Waals surface area contributed by atoms with Gasteiger partial charge in [-0.3, -0.25) is 14.5 Å². The molecule has 22 heavy (non-hydrogen) atoms. The molecule has 3 nitrogen and oxygen atoms in total. The first-order valence-corrected chi connectivity index (χ1v) is 8.40. The SMILES string of the molecule is O=C1S/C(=C\c2ccsc2)C(=O)N1Cc1ccc(F)cc1Cl. The summed E-state index contributed by atoms with van der Waals surface area (Å²) in [5.41, 5.74) is 1.41. The Kier molecular flexibility index (Phi) is 4.33. The maximum absolute atomic E-state index is 13.0. The lowest BCUT2D eigenvalue weighted by Gasteiger charge is -2.13. The molecular formula is C15H9ClFNO2S2. The molecule has 0 aliphatic carbocycles. The summed E-state index contributed by atoms with van der Waals surface area (Å²) < 4.78 is 13.0. The molecule has 1 saturated heterocycles. The maximum atomic E-state index is 13.0. The quantitative estimate of drug-likeness (QED) is 0.745. The lowest BCUT2D eigenvalue weighted by atomic mass is 10.2. The van der Waals surface area contributed by atoms with Gasteiger partial charge in [-0.1, -0.05) is 17.7 Å². The predicted octanol–water partition coefficient (Wildman–Crippen LogP) is 4.78. The summed E-state index contributed by atoms with van der Waals surface area (Å²) in [7, 11) is 0. The monoisotopic (exact) mass is 353 g/mol. The Morgan fingerprint density at radius 1 is 1.27 bits per heavy atom. The molecule has 2 aromatic rings. The Labute approximate surface area is 139 Å². The van der Waals surface area contributed by atoms with Crippen molar-refractivity contribution in [2.75, 3.05) is 0 Å². The van der Waals surface area contributed by atoms with E-state index < -0.39 is 5.82 Å². The van der Waals surface area contributed by atoms with Crippen LogP contribution in [0.1, 0.15) is 11.1 Å². The molecule has 0 bridgehead atoms. The Morgan fingerprint density at radius 2 is 2.09 bits per heavy atom. The molecule has 2 amide bonds. The standard InChI is InChI=1S/C15H9ClFNO2S2/c16-12-6-11(17)2-1-10(12)7-18-14(19)13(22-15(18)20)5-9-3-4-21-8-9/h1-6,8H,7H2/b13-5-. The van der Waals surface area contributed by atoms with Gasteiger partial charge in [0.25, 0.3) is 11.1 Å². The van der Waals surface area contributed by atoms with Gasteiger partial charge in [-0.15, -0.1) is 0 Å². The zero-order valence-electron chi connectivity index (χ0n) is 11.1. The second-order valence-electron chi connectivity index (χ2n) is 4.56. The highest BCUT2D eigenvalue weighted by molar-refractivity contribution is 8.18. The molecule has 1 aromatic carbocycles. The minimum atomic E-state index is -0.458. The fraction of sp³-hybridized carbons (Fsp3) is 0.0667. The molecule has 0 N–H and O–H groups in total. The summed E-state index contributed by atoms with van der Waals surface area (Å²) in [6.45, 7) is 0.0325. The van der Waals surface area contributed by atoms with Crippen LogP contribution in [0.4, 0.5) is 9.18 Å². The molecule has 2 heterocycles. The van der Waals surface area contributed by atoms with E-state index in [1.54, 1.807) is 6.08 Å². The number of halogens is 2. The van der Waals surface area contributed by atoms with E-state index in [0.717, 1.165) is 28.3 Å². The molecule has 0 radical (unpaired) electrons. The normalized spacial score (nSPS) is 16.8. The van der Waals surface area contributed by atoms with E-state index in [4.69, 9.17) is 11.6 Å². The molecule has 1 fully saturated rings. The number of rotatable bonds is 3. The van der Waals surface area contributed by atoms with Gasteiger partial charge in [-0.2, -0.15) is 11.3 Å². The first-order valence-electron chi connectivity index (χ1n) is 6.26. The summed E-state index contributed by atoms with van der Waals surface area (Å²) in [6, 6.07) is 5.76. The molecule has 1 aromatic heterocycles. The van der Waals surface area contributed by atoms with Gasteiger partial charge in [-0.05, 0) is 57.9 Å². The van der Waals surface area contributed by atoms with Crippen molar-refractivity contribution in [3.8, 4) is 0 Å². The first kappa shape index (κ1) is 15.3. The summed E-state index contributed by atoms with van der Waals surface area (Å²) in [5.74, 6) is -0.818. The van der Waals surface area contributed by atoms with Crippen LogP contribution in [0.5, 0.6) is 0 Å². The number of thioether (sulfide) groups is 1. The number of carbonyl (C=O) groups is 2. The topological polar surface area (TPSA) is 37.4 Å². The highest BCUT2D eigenvalue weighted by Crippen LogP contribution is 2.34. The van der Waals surface area contributed by atoms with Gasteiger partial charge in [-0.25, -0.2) is 4.39 Å². The molecule has 0 spiro atoms. The molecule has 0 saturated carbocycles. The Hall–Kier alpha value is -1.63. The van der Waals surface area contributed by atoms with Crippen molar-refractivity contribution in [2.45, 2.75) is 6.54 Å². The van der Waals surface area contributed by atoms with Crippen LogP contribution in [0.15, 0.2) is 39.9 Å². The highest BCUT2D eigenvalue weighted by Gasteiger charge is 2.35. The molecule has 7 heteroatoms. The Bertz CT molecular complexity index is 774. The second kappa shape index (κ2) is 6.24. The van der Waals surface area contributed by atoms with Crippen molar-refractivity contribution in [1.82, 2.24) is 4.90 Å². The number of amides is 2. The van der Waals surface area contributed by atoms with E-state index in [1.165, 1.54) is 23.5 Å². The van der Waals surface area contributed by atoms with Gasteiger partial charge in [0.1, 0.15) is 5.82 Å². The van der Waals surface area contributed by atoms with Crippen LogP contribution in [0.25, 0.3) is 6.08 Å². The number of carbonyl (C=O) groups excluding carboxylic acids is 2. The Morgan fingerprint density at radius 3 is 2.77 bits per heavy atom. The van der Waals surface area contributed by atoms with E-state index in [1.807, 2.05) is 16.8 Å². The first-order chi connectivity index (χ1) is 10.5. The van der Waals surface area contributed by atoms with Gasteiger partial charge in [0.15, 0.2) is 0 Å². The number of imide groups is 1. The third-order valence-electron chi connectivity index (χ3n) is 3.06. The van der Waals surface area contributed by atoms with Crippen molar-refractivity contribution in [3.05, 3.63) is 61.9 Å². The van der Waals surface area contributed by atoms with E-state index >= 15 is 0 Å². The zero-order valence-corrected chi connectivity index (χ0v) is 13.5. The number of hydrogen-bond donors (Lipinski definition) is 0. The van der Waals surface area contributed by atoms with Crippen LogP contribution in [-0.4, -0.2) is 16.0 Å². The van der Waals surface area contributed by atoms with Crippen molar-refractivity contribution >= 4 is 51.9 Å². The largest absolute Gasteiger partial charge is 0.293 e. The number of hydrogen-bond acceptors (Lipinski definition) is 4. The minimum Gasteiger partial charge on any atom is -0.268 e. The number of nitrogens with zero attached hydrogens (tertiary/aromatic N) is 1. The minimum absolute atomic E-state index is 0.0325. The molecule has 1 aliphatic heterocycles. The van der Waals surface area contributed by atoms with Gasteiger partial charge in [0, 0.05) is 5.02 Å². The average Bonchev–Trinajstić information content (AvgIpc) is 3.06. The molecular weight excluding hydrogens is 345 g/mol. The smallest absolute Gasteiger partial charge is 0.268 e. The molecule has 0 atom stereocenters. The van der Waals surface area contributed by atoms with Gasteiger partial charge < -0.3 is 0 Å². The van der Waals surface area contributed by atoms with E-state index in [-0.39, 0.29) is 22.7 Å². The summed E-state index contributed by atoms with van der Waals surface area (Å²) >= 11 is 8.35. The molecule has 3 rings (SSSR count). The molecule has 112 valence electrons. The van der Waals surface area contributed by atoms with Crippen LogP contribution in [0, 0.1) is 5.82 Å². The molecule has 0 unspecified atom stereocenters. The van der Waals surface area contributed by atoms with Crippen molar-refractivity contribution in [1.29, 1.82) is 0 Å². The third kappa shape index (κ3) is 3.09. The number of thiophene rings is 1. The zero-order chi connectivity index (χ0) is 15.7. The van der Waals surface area contributed by atoms with E-state index in [9.17, 15) is 14.0 Å². The second-order valence-corrected chi connectivity index (χ2v) is 6.74. The van der Waals surface area contributed by atoms with Crippen LogP contribution in [-0.2, 0) is 11.3 Å². The van der Waals surface area contributed by atoms with E-state index in [2.05, 4.69) is 0 Å². The lowest BCUT2D eigenvalue weighted by molar-refractivity contribution is -0.123. The summed E-state index contributed by atoms with van der Waals surface area (Å²) in [5, 5.41) is 3.63. The summed E-state index contributed by atoms with van der Waals surface area (Å²) in [4.78, 5) is 25.8. The highest BCUT2D eigenvalue weighted by atomic mass is 35.5.